The molecule has 0 unspecified atom stereocenters. The number of hydrogen-bond donors (Lipinski definition) is 1. The van der Waals surface area contributed by atoms with E-state index in [1.54, 1.807) is 0 Å². The number of carbonyl (C=O) groups is 2. The number of amides is 2. The summed E-state index contributed by atoms with van der Waals surface area (Å²) in [4.78, 5) is 24.8. The quantitative estimate of drug-likeness (QED) is 0.832. The van der Waals surface area contributed by atoms with E-state index in [9.17, 15) is 9.59 Å². The zero-order valence-corrected chi connectivity index (χ0v) is 11.0. The van der Waals surface area contributed by atoms with Gasteiger partial charge in [-0.1, -0.05) is 36.3 Å². The van der Waals surface area contributed by atoms with E-state index < -0.39 is 6.09 Å². The third kappa shape index (κ3) is 3.51. The second kappa shape index (κ2) is 6.62. The molecule has 1 aromatic carbocycles. The maximum absolute atomic E-state index is 11.7. The van der Waals surface area contributed by atoms with Crippen LogP contribution in [0.25, 0.3) is 0 Å². The first kappa shape index (κ1) is 13.9. The van der Waals surface area contributed by atoms with Crippen molar-refractivity contribution in [3.8, 4) is 12.3 Å². The van der Waals surface area contributed by atoms with E-state index in [4.69, 9.17) is 11.2 Å². The number of rotatable bonds is 4. The van der Waals surface area contributed by atoms with Gasteiger partial charge < -0.3 is 15.0 Å². The lowest BCUT2D eigenvalue weighted by atomic mass is 10.00. The molecule has 0 radical (unpaired) electrons. The molecule has 0 bridgehead atoms. The summed E-state index contributed by atoms with van der Waals surface area (Å²) < 4.78 is 5.16. The second-order valence-corrected chi connectivity index (χ2v) is 4.56. The normalized spacial score (nSPS) is 14.1. The number of nitrogens with one attached hydrogen (secondary N) is 1. The molecule has 0 aromatic heterocycles. The van der Waals surface area contributed by atoms with E-state index in [0.717, 1.165) is 5.56 Å². The van der Waals surface area contributed by atoms with Crippen molar-refractivity contribution in [2.45, 2.75) is 6.61 Å². The Morgan fingerprint density at radius 1 is 1.35 bits per heavy atom. The minimum absolute atomic E-state index is 0.116. The van der Waals surface area contributed by atoms with Crippen LogP contribution in [-0.4, -0.2) is 36.5 Å². The largest absolute Gasteiger partial charge is 0.445 e. The summed E-state index contributed by atoms with van der Waals surface area (Å²) >= 11 is 0. The van der Waals surface area contributed by atoms with E-state index in [1.165, 1.54) is 4.90 Å². The first-order chi connectivity index (χ1) is 9.70. The topological polar surface area (TPSA) is 58.6 Å². The smallest absolute Gasteiger partial charge is 0.410 e. The summed E-state index contributed by atoms with van der Waals surface area (Å²) in [5, 5.41) is 2.60. The molecule has 1 fully saturated rings. The van der Waals surface area contributed by atoms with E-state index in [0.29, 0.717) is 13.1 Å². The van der Waals surface area contributed by atoms with Gasteiger partial charge in [0, 0.05) is 13.1 Å². The van der Waals surface area contributed by atoms with Gasteiger partial charge in [-0.05, 0) is 5.56 Å². The standard InChI is InChI=1S/C15H16N2O3/c1-2-8-16-14(18)13-9-17(10-13)15(19)20-11-12-6-4-3-5-7-12/h1,3-7,13H,8-11H2,(H,16,18). The fraction of sp³-hybridized carbons (Fsp3) is 0.333. The van der Waals surface area contributed by atoms with E-state index in [1.807, 2.05) is 30.3 Å². The average molecular weight is 272 g/mol. The Morgan fingerprint density at radius 3 is 2.70 bits per heavy atom. The Morgan fingerprint density at radius 2 is 2.05 bits per heavy atom. The monoisotopic (exact) mass is 272 g/mol. The number of benzene rings is 1. The zero-order valence-electron chi connectivity index (χ0n) is 11.0. The summed E-state index contributed by atoms with van der Waals surface area (Å²) in [5.41, 5.74) is 0.935. The molecule has 0 spiro atoms. The van der Waals surface area contributed by atoms with Crippen LogP contribution in [0.4, 0.5) is 4.79 Å². The van der Waals surface area contributed by atoms with Gasteiger partial charge in [-0.15, -0.1) is 6.42 Å². The van der Waals surface area contributed by atoms with Crippen molar-refractivity contribution in [1.82, 2.24) is 10.2 Å². The summed E-state index contributed by atoms with van der Waals surface area (Å²) in [6, 6.07) is 9.45. The third-order valence-electron chi connectivity index (χ3n) is 3.08. The lowest BCUT2D eigenvalue weighted by Gasteiger charge is -2.37. The van der Waals surface area contributed by atoms with Crippen LogP contribution in [0.15, 0.2) is 30.3 Å². The molecule has 1 aliphatic rings. The van der Waals surface area contributed by atoms with Crippen LogP contribution >= 0.6 is 0 Å². The van der Waals surface area contributed by atoms with Crippen molar-refractivity contribution in [3.63, 3.8) is 0 Å². The number of ether oxygens (including phenoxy) is 1. The highest BCUT2D eigenvalue weighted by Gasteiger charge is 2.36. The highest BCUT2D eigenvalue weighted by molar-refractivity contribution is 5.82. The first-order valence-corrected chi connectivity index (χ1v) is 6.37. The van der Waals surface area contributed by atoms with Crippen molar-refractivity contribution in [2.24, 2.45) is 5.92 Å². The molecular formula is C15H16N2O3. The van der Waals surface area contributed by atoms with Crippen LogP contribution in [0.2, 0.25) is 0 Å². The van der Waals surface area contributed by atoms with Gasteiger partial charge in [-0.25, -0.2) is 4.79 Å². The van der Waals surface area contributed by atoms with Crippen LogP contribution in [-0.2, 0) is 16.1 Å². The van der Waals surface area contributed by atoms with Crippen molar-refractivity contribution < 1.29 is 14.3 Å². The average Bonchev–Trinajstić information content (AvgIpc) is 2.42. The summed E-state index contributed by atoms with van der Waals surface area (Å²) in [7, 11) is 0. The molecule has 2 rings (SSSR count). The van der Waals surface area contributed by atoms with Gasteiger partial charge in [-0.3, -0.25) is 4.79 Å². The fourth-order valence-corrected chi connectivity index (χ4v) is 1.89. The first-order valence-electron chi connectivity index (χ1n) is 6.37. The Kier molecular flexibility index (Phi) is 4.61. The number of likely N-dealkylation sites (tertiary alicyclic amines) is 1. The lowest BCUT2D eigenvalue weighted by Crippen LogP contribution is -2.55. The van der Waals surface area contributed by atoms with Gasteiger partial charge in [-0.2, -0.15) is 0 Å². The van der Waals surface area contributed by atoms with Crippen LogP contribution < -0.4 is 5.32 Å². The fourth-order valence-electron chi connectivity index (χ4n) is 1.89. The molecule has 5 nitrogen and oxygen atoms in total. The van der Waals surface area contributed by atoms with Crippen molar-refractivity contribution >= 4 is 12.0 Å². The van der Waals surface area contributed by atoms with Crippen LogP contribution in [0, 0.1) is 18.3 Å². The third-order valence-corrected chi connectivity index (χ3v) is 3.08. The molecule has 0 saturated carbocycles. The Labute approximate surface area is 117 Å². The number of carbonyl (C=O) groups excluding carboxylic acids is 2. The van der Waals surface area contributed by atoms with E-state index in [-0.39, 0.29) is 25.0 Å². The summed E-state index contributed by atoms with van der Waals surface area (Å²) in [6.45, 7) is 1.21. The minimum Gasteiger partial charge on any atom is -0.445 e. The van der Waals surface area contributed by atoms with Gasteiger partial charge in [0.15, 0.2) is 0 Å². The molecule has 5 heteroatoms. The highest BCUT2D eigenvalue weighted by atomic mass is 16.6. The number of terminal acetylenes is 1. The summed E-state index contributed by atoms with van der Waals surface area (Å²) in [6.07, 6.45) is 4.66. The maximum atomic E-state index is 11.7. The maximum Gasteiger partial charge on any atom is 0.410 e. The van der Waals surface area contributed by atoms with Crippen molar-refractivity contribution in [1.29, 1.82) is 0 Å². The molecule has 1 aromatic rings. The molecule has 0 aliphatic carbocycles. The molecule has 1 saturated heterocycles. The molecule has 20 heavy (non-hydrogen) atoms. The Hall–Kier alpha value is -2.48. The predicted octanol–water partition coefficient (Wildman–Crippen LogP) is 1.00. The second-order valence-electron chi connectivity index (χ2n) is 4.56. The Balaban J connectivity index is 1.69. The molecular weight excluding hydrogens is 256 g/mol. The highest BCUT2D eigenvalue weighted by Crippen LogP contribution is 2.17. The molecule has 2 amide bonds. The van der Waals surface area contributed by atoms with Gasteiger partial charge in [0.2, 0.25) is 5.91 Å². The van der Waals surface area contributed by atoms with Gasteiger partial charge in [0.25, 0.3) is 0 Å². The summed E-state index contributed by atoms with van der Waals surface area (Å²) in [5.74, 6) is 2.03. The number of nitrogens with zero attached hydrogens (tertiary/aromatic N) is 1. The van der Waals surface area contributed by atoms with Gasteiger partial charge >= 0.3 is 6.09 Å². The van der Waals surface area contributed by atoms with Crippen LogP contribution in [0.1, 0.15) is 5.56 Å². The SMILES string of the molecule is C#CCNC(=O)C1CN(C(=O)OCc2ccccc2)C1. The molecule has 1 aliphatic heterocycles. The Bertz CT molecular complexity index is 516. The molecule has 0 atom stereocenters. The van der Waals surface area contributed by atoms with Crippen molar-refractivity contribution in [3.05, 3.63) is 35.9 Å². The van der Waals surface area contributed by atoms with Gasteiger partial charge in [0.1, 0.15) is 6.61 Å². The van der Waals surface area contributed by atoms with Crippen LogP contribution in [0.5, 0.6) is 0 Å². The lowest BCUT2D eigenvalue weighted by molar-refractivity contribution is -0.129. The molecule has 1 heterocycles. The molecule has 1 N–H and O–H groups in total. The zero-order chi connectivity index (χ0) is 14.4. The van der Waals surface area contributed by atoms with Crippen molar-refractivity contribution in [2.75, 3.05) is 19.6 Å². The number of hydrogen-bond acceptors (Lipinski definition) is 3. The molecule has 104 valence electrons. The predicted molar refractivity (Wildman–Crippen MR) is 73.5 cm³/mol. The van der Waals surface area contributed by atoms with Crippen LogP contribution in [0.3, 0.4) is 0 Å². The minimum atomic E-state index is -0.394. The van der Waals surface area contributed by atoms with E-state index >= 15 is 0 Å². The van der Waals surface area contributed by atoms with Gasteiger partial charge in [0.05, 0.1) is 12.5 Å². The van der Waals surface area contributed by atoms with E-state index in [2.05, 4.69) is 11.2 Å².